The molecule has 0 aliphatic heterocycles. The van der Waals surface area contributed by atoms with E-state index in [1.807, 2.05) is 0 Å². The van der Waals surface area contributed by atoms with Gasteiger partial charge in [0.2, 0.25) is 5.89 Å². The molecule has 1 aliphatic rings. The normalized spacial score (nSPS) is 12.8. The Morgan fingerprint density at radius 2 is 1.93 bits per heavy atom. The maximum absolute atomic E-state index is 12.0. The number of carbonyl (C=O) groups excluding carboxylic acids is 1. The van der Waals surface area contributed by atoms with Crippen molar-refractivity contribution < 1.29 is 13.9 Å². The molecule has 27 heavy (non-hydrogen) atoms. The van der Waals surface area contributed by atoms with Gasteiger partial charge in [-0.2, -0.15) is 0 Å². The molecule has 7 heteroatoms. The Morgan fingerprint density at radius 1 is 1.11 bits per heavy atom. The number of aromatic nitrogens is 2. The third-order valence-electron chi connectivity index (χ3n) is 4.34. The number of ether oxygens (including phenoxy) is 1. The second-order valence-electron chi connectivity index (χ2n) is 6.24. The van der Waals surface area contributed by atoms with Gasteiger partial charge in [-0.15, -0.1) is 22.0 Å². The molecule has 138 valence electrons. The molecule has 1 aromatic heterocycles. The number of carbonyl (C=O) groups is 1. The minimum atomic E-state index is -0.313. The lowest BCUT2D eigenvalue weighted by molar-refractivity contribution is -0.142. The fraction of sp³-hybridized carbons (Fsp3) is 0.250. The zero-order valence-corrected chi connectivity index (χ0v) is 16.1. The van der Waals surface area contributed by atoms with Crippen molar-refractivity contribution in [2.24, 2.45) is 0 Å². The Balaban J connectivity index is 1.27. The molecule has 3 aromatic rings. The van der Waals surface area contributed by atoms with Crippen molar-refractivity contribution in [2.75, 3.05) is 5.75 Å². The van der Waals surface area contributed by atoms with Crippen molar-refractivity contribution in [3.63, 3.8) is 0 Å². The van der Waals surface area contributed by atoms with Crippen LogP contribution >= 0.6 is 23.4 Å². The third kappa shape index (κ3) is 4.51. The Morgan fingerprint density at radius 3 is 2.78 bits per heavy atom. The van der Waals surface area contributed by atoms with Crippen molar-refractivity contribution >= 4 is 29.3 Å². The van der Waals surface area contributed by atoms with Crippen molar-refractivity contribution in [2.45, 2.75) is 30.8 Å². The molecule has 0 bridgehead atoms. The molecule has 0 radical (unpaired) electrons. The summed E-state index contributed by atoms with van der Waals surface area (Å²) in [5, 5.41) is 8.51. The lowest BCUT2D eigenvalue weighted by atomic mass is 10.1. The molecule has 0 amide bonds. The summed E-state index contributed by atoms with van der Waals surface area (Å²) in [6.07, 6.45) is 3.50. The number of hydrogen-bond donors (Lipinski definition) is 0. The van der Waals surface area contributed by atoms with Gasteiger partial charge in [0, 0.05) is 15.5 Å². The van der Waals surface area contributed by atoms with Gasteiger partial charge in [0.1, 0.15) is 0 Å². The highest BCUT2D eigenvalue weighted by Crippen LogP contribution is 2.27. The zero-order chi connectivity index (χ0) is 18.6. The number of hydrogen-bond acceptors (Lipinski definition) is 6. The van der Waals surface area contributed by atoms with Crippen LogP contribution in [0, 0.1) is 0 Å². The van der Waals surface area contributed by atoms with Crippen LogP contribution in [0.25, 0.3) is 11.5 Å². The lowest BCUT2D eigenvalue weighted by Gasteiger charge is -2.05. The van der Waals surface area contributed by atoms with Gasteiger partial charge in [-0.3, -0.25) is 4.79 Å². The van der Waals surface area contributed by atoms with E-state index in [0.717, 1.165) is 23.3 Å². The summed E-state index contributed by atoms with van der Waals surface area (Å²) in [6, 6.07) is 13.5. The first kappa shape index (κ1) is 18.1. The molecule has 0 saturated heterocycles. The van der Waals surface area contributed by atoms with E-state index in [4.69, 9.17) is 20.8 Å². The standard InChI is InChI=1S/C20H17ClN2O3S/c21-16-7-4-14(5-8-16)20-23-22-18(26-20)11-25-19(24)12-27-17-9-6-13-2-1-3-15(13)10-17/h4-10H,1-3,11-12H2. The van der Waals surface area contributed by atoms with Gasteiger partial charge in [-0.05, 0) is 66.8 Å². The fourth-order valence-electron chi connectivity index (χ4n) is 2.99. The van der Waals surface area contributed by atoms with Crippen LogP contribution in [0.4, 0.5) is 0 Å². The maximum Gasteiger partial charge on any atom is 0.316 e. The predicted octanol–water partition coefficient (Wildman–Crippen LogP) is 4.71. The smallest absolute Gasteiger partial charge is 0.316 e. The molecule has 0 N–H and O–H groups in total. The molecule has 5 nitrogen and oxygen atoms in total. The van der Waals surface area contributed by atoms with Gasteiger partial charge >= 0.3 is 5.97 Å². The number of nitrogens with zero attached hydrogens (tertiary/aromatic N) is 2. The molecular weight excluding hydrogens is 384 g/mol. The molecule has 0 unspecified atom stereocenters. The van der Waals surface area contributed by atoms with E-state index in [1.165, 1.54) is 29.3 Å². The Labute approximate surface area is 166 Å². The first-order chi connectivity index (χ1) is 13.2. The third-order valence-corrected chi connectivity index (χ3v) is 5.56. The van der Waals surface area contributed by atoms with Crippen LogP contribution in [0.3, 0.4) is 0 Å². The summed E-state index contributed by atoms with van der Waals surface area (Å²) in [4.78, 5) is 13.1. The minimum Gasteiger partial charge on any atom is -0.455 e. The minimum absolute atomic E-state index is 0.0375. The highest BCUT2D eigenvalue weighted by atomic mass is 35.5. The largest absolute Gasteiger partial charge is 0.455 e. The van der Waals surface area contributed by atoms with Gasteiger partial charge in [-0.25, -0.2) is 0 Å². The molecule has 0 spiro atoms. The van der Waals surface area contributed by atoms with Gasteiger partial charge in [0.15, 0.2) is 6.61 Å². The van der Waals surface area contributed by atoms with Crippen LogP contribution in [0.15, 0.2) is 51.8 Å². The van der Waals surface area contributed by atoms with E-state index >= 15 is 0 Å². The van der Waals surface area contributed by atoms with Gasteiger partial charge in [-0.1, -0.05) is 17.7 Å². The second kappa shape index (κ2) is 8.15. The van der Waals surface area contributed by atoms with Gasteiger partial charge in [0.05, 0.1) is 5.75 Å². The van der Waals surface area contributed by atoms with E-state index in [1.54, 1.807) is 24.3 Å². The Kier molecular flexibility index (Phi) is 5.45. The fourth-order valence-corrected chi connectivity index (χ4v) is 3.87. The molecule has 4 rings (SSSR count). The summed E-state index contributed by atoms with van der Waals surface area (Å²) in [6.45, 7) is -0.0375. The van der Waals surface area contributed by atoms with E-state index in [0.29, 0.717) is 10.9 Å². The maximum atomic E-state index is 12.0. The van der Waals surface area contributed by atoms with E-state index in [2.05, 4.69) is 28.4 Å². The Bertz CT molecular complexity index is 956. The number of rotatable bonds is 6. The average molecular weight is 401 g/mol. The number of fused-ring (bicyclic) bond motifs is 1. The quantitative estimate of drug-likeness (QED) is 0.441. The molecule has 1 heterocycles. The second-order valence-corrected chi connectivity index (χ2v) is 7.73. The average Bonchev–Trinajstić information content (AvgIpc) is 3.34. The molecule has 1 aliphatic carbocycles. The summed E-state index contributed by atoms with van der Waals surface area (Å²) in [5.74, 6) is 0.560. The first-order valence-electron chi connectivity index (χ1n) is 8.66. The summed E-state index contributed by atoms with van der Waals surface area (Å²) < 4.78 is 10.8. The zero-order valence-electron chi connectivity index (χ0n) is 14.5. The number of halogens is 1. The van der Waals surface area contributed by atoms with Crippen molar-refractivity contribution in [1.82, 2.24) is 10.2 Å². The van der Waals surface area contributed by atoms with Crippen molar-refractivity contribution in [3.05, 3.63) is 64.5 Å². The topological polar surface area (TPSA) is 65.2 Å². The van der Waals surface area contributed by atoms with Crippen molar-refractivity contribution in [1.29, 1.82) is 0 Å². The van der Waals surface area contributed by atoms with Crippen LogP contribution in [0.2, 0.25) is 5.02 Å². The molecule has 0 saturated carbocycles. The van der Waals surface area contributed by atoms with Gasteiger partial charge < -0.3 is 9.15 Å². The molecule has 2 aromatic carbocycles. The van der Waals surface area contributed by atoms with Gasteiger partial charge in [0.25, 0.3) is 5.89 Å². The SMILES string of the molecule is O=C(CSc1ccc2c(c1)CCC2)OCc1nnc(-c2ccc(Cl)cc2)o1. The monoisotopic (exact) mass is 400 g/mol. The van der Waals surface area contributed by atoms with Crippen LogP contribution < -0.4 is 0 Å². The van der Waals surface area contributed by atoms with Crippen LogP contribution in [0.5, 0.6) is 0 Å². The number of benzene rings is 2. The van der Waals surface area contributed by atoms with E-state index in [-0.39, 0.29) is 24.2 Å². The van der Waals surface area contributed by atoms with E-state index in [9.17, 15) is 4.79 Å². The van der Waals surface area contributed by atoms with Crippen LogP contribution in [-0.4, -0.2) is 21.9 Å². The first-order valence-corrected chi connectivity index (χ1v) is 10.0. The summed E-state index contributed by atoms with van der Waals surface area (Å²) in [5.41, 5.74) is 3.58. The lowest BCUT2D eigenvalue weighted by Crippen LogP contribution is -2.07. The van der Waals surface area contributed by atoms with Crippen molar-refractivity contribution in [3.8, 4) is 11.5 Å². The van der Waals surface area contributed by atoms with Crippen LogP contribution in [-0.2, 0) is 29.0 Å². The number of thioether (sulfide) groups is 1. The molecule has 0 fully saturated rings. The Hall–Kier alpha value is -2.31. The summed E-state index contributed by atoms with van der Waals surface area (Å²) >= 11 is 7.34. The molecule has 0 atom stereocenters. The number of aryl methyl sites for hydroxylation is 2. The predicted molar refractivity (Wildman–Crippen MR) is 104 cm³/mol. The molecular formula is C20H17ClN2O3S. The number of esters is 1. The van der Waals surface area contributed by atoms with Crippen LogP contribution in [0.1, 0.15) is 23.4 Å². The summed E-state index contributed by atoms with van der Waals surface area (Å²) in [7, 11) is 0. The highest BCUT2D eigenvalue weighted by Gasteiger charge is 2.13. The van der Waals surface area contributed by atoms with E-state index < -0.39 is 0 Å². The highest BCUT2D eigenvalue weighted by molar-refractivity contribution is 8.00.